The predicted molar refractivity (Wildman–Crippen MR) is 126 cm³/mol. The first-order valence-electron chi connectivity index (χ1n) is 11.0. The van der Waals surface area contributed by atoms with Crippen molar-refractivity contribution in [2.24, 2.45) is 5.16 Å². The summed E-state index contributed by atoms with van der Waals surface area (Å²) >= 11 is 0. The zero-order valence-corrected chi connectivity index (χ0v) is 19.2. The molecule has 0 unspecified atom stereocenters. The van der Waals surface area contributed by atoms with Crippen LogP contribution in [0.1, 0.15) is 23.7 Å². The Morgan fingerprint density at radius 3 is 2.62 bits per heavy atom. The number of nitrogens with zero attached hydrogens (tertiary/aromatic N) is 1. The second-order valence-corrected chi connectivity index (χ2v) is 7.97. The topological polar surface area (TPSA) is 99.0 Å². The molecule has 5 atom stereocenters. The zero-order chi connectivity index (χ0) is 24.1. The summed E-state index contributed by atoms with van der Waals surface area (Å²) in [6, 6.07) is 12.6. The highest BCUT2D eigenvalue weighted by molar-refractivity contribution is 6.07. The Hall–Kier alpha value is -3.33. The van der Waals surface area contributed by atoms with Gasteiger partial charge >= 0.3 is 0 Å². The molecule has 4 rings (SSSR count). The SMILES string of the molecule is C=CC[C@@H]1C=C[C@H](ON=C2c3cc(OC)ccc3O[C@H](c3cccc(OC)c3)[C@H]2O)[C@@H](CO)O1. The minimum absolute atomic E-state index is 0.182. The van der Waals surface area contributed by atoms with E-state index in [2.05, 4.69) is 11.7 Å². The first kappa shape index (κ1) is 23.8. The van der Waals surface area contributed by atoms with Crippen molar-refractivity contribution in [1.82, 2.24) is 0 Å². The van der Waals surface area contributed by atoms with Crippen LogP contribution in [0.5, 0.6) is 17.2 Å². The van der Waals surface area contributed by atoms with E-state index in [0.717, 1.165) is 5.56 Å². The molecule has 2 aromatic carbocycles. The van der Waals surface area contributed by atoms with Crippen LogP contribution in [0.4, 0.5) is 0 Å². The Kier molecular flexibility index (Phi) is 7.52. The lowest BCUT2D eigenvalue weighted by molar-refractivity contribution is -0.101. The van der Waals surface area contributed by atoms with Gasteiger partial charge in [0.05, 0.1) is 26.9 Å². The average molecular weight is 468 g/mol. The van der Waals surface area contributed by atoms with Crippen LogP contribution in [0.25, 0.3) is 0 Å². The van der Waals surface area contributed by atoms with E-state index in [1.165, 1.54) is 0 Å². The molecule has 0 radical (unpaired) electrons. The number of oxime groups is 1. The van der Waals surface area contributed by atoms with Gasteiger partial charge in [0.2, 0.25) is 0 Å². The number of methoxy groups -OCH3 is 2. The lowest BCUT2D eigenvalue weighted by atomic mass is 9.92. The number of aliphatic hydroxyl groups is 2. The molecule has 2 heterocycles. The predicted octanol–water partition coefficient (Wildman–Crippen LogP) is 3.18. The van der Waals surface area contributed by atoms with E-state index in [1.54, 1.807) is 50.6 Å². The van der Waals surface area contributed by atoms with Crippen molar-refractivity contribution in [2.45, 2.75) is 36.9 Å². The lowest BCUT2D eigenvalue weighted by Gasteiger charge is -2.33. The molecule has 2 aromatic rings. The van der Waals surface area contributed by atoms with E-state index < -0.39 is 24.4 Å². The van der Waals surface area contributed by atoms with Crippen LogP contribution in [-0.2, 0) is 9.57 Å². The van der Waals surface area contributed by atoms with Crippen molar-refractivity contribution in [3.8, 4) is 17.2 Å². The minimum Gasteiger partial charge on any atom is -0.497 e. The second kappa shape index (κ2) is 10.7. The van der Waals surface area contributed by atoms with E-state index in [0.29, 0.717) is 29.2 Å². The van der Waals surface area contributed by atoms with Crippen LogP contribution in [0.3, 0.4) is 0 Å². The summed E-state index contributed by atoms with van der Waals surface area (Å²) in [7, 11) is 3.14. The van der Waals surface area contributed by atoms with Crippen molar-refractivity contribution in [1.29, 1.82) is 0 Å². The normalized spacial score (nSPS) is 26.9. The van der Waals surface area contributed by atoms with E-state index >= 15 is 0 Å². The van der Waals surface area contributed by atoms with E-state index in [-0.39, 0.29) is 18.4 Å². The Morgan fingerprint density at radius 1 is 1.09 bits per heavy atom. The van der Waals surface area contributed by atoms with Gasteiger partial charge in [0, 0.05) is 5.56 Å². The summed E-state index contributed by atoms with van der Waals surface area (Å²) in [6.45, 7) is 3.48. The molecular formula is C26H29NO7. The molecule has 0 amide bonds. The maximum atomic E-state index is 11.3. The summed E-state index contributed by atoms with van der Waals surface area (Å²) in [5.74, 6) is 1.76. The molecular weight excluding hydrogens is 438 g/mol. The fourth-order valence-electron chi connectivity index (χ4n) is 3.99. The Bertz CT molecular complexity index is 1070. The molecule has 180 valence electrons. The third-order valence-corrected chi connectivity index (χ3v) is 5.79. The first-order valence-corrected chi connectivity index (χ1v) is 11.0. The third-order valence-electron chi connectivity index (χ3n) is 5.79. The summed E-state index contributed by atoms with van der Waals surface area (Å²) in [5, 5.41) is 25.4. The number of aliphatic hydroxyl groups excluding tert-OH is 2. The van der Waals surface area contributed by atoms with Gasteiger partial charge in [-0.25, -0.2) is 0 Å². The van der Waals surface area contributed by atoms with Gasteiger partial charge in [0.1, 0.15) is 35.2 Å². The van der Waals surface area contributed by atoms with Gasteiger partial charge < -0.3 is 34.0 Å². The van der Waals surface area contributed by atoms with Crippen molar-refractivity contribution in [3.63, 3.8) is 0 Å². The fourth-order valence-corrected chi connectivity index (χ4v) is 3.99. The highest BCUT2D eigenvalue weighted by Gasteiger charge is 2.37. The number of rotatable bonds is 8. The number of fused-ring (bicyclic) bond motifs is 1. The number of benzene rings is 2. The molecule has 8 nitrogen and oxygen atoms in total. The van der Waals surface area contributed by atoms with E-state index in [1.807, 2.05) is 24.3 Å². The largest absolute Gasteiger partial charge is 0.497 e. The number of ether oxygens (including phenoxy) is 4. The molecule has 0 saturated carbocycles. The Labute approximate surface area is 198 Å². The van der Waals surface area contributed by atoms with Crippen molar-refractivity contribution in [3.05, 3.63) is 78.4 Å². The van der Waals surface area contributed by atoms with E-state index in [4.69, 9.17) is 23.8 Å². The molecule has 8 heteroatoms. The molecule has 0 spiro atoms. The molecule has 2 aliphatic rings. The highest BCUT2D eigenvalue weighted by atomic mass is 16.7. The zero-order valence-electron chi connectivity index (χ0n) is 19.2. The van der Waals surface area contributed by atoms with Crippen molar-refractivity contribution < 1.29 is 34.0 Å². The Balaban J connectivity index is 1.68. The molecule has 0 aliphatic carbocycles. The number of hydrogen-bond donors (Lipinski definition) is 2. The Morgan fingerprint density at radius 2 is 1.88 bits per heavy atom. The van der Waals surface area contributed by atoms with Gasteiger partial charge in [-0.2, -0.15) is 0 Å². The molecule has 0 bridgehead atoms. The molecule has 0 fully saturated rings. The fraction of sp³-hybridized carbons (Fsp3) is 0.346. The first-order chi connectivity index (χ1) is 16.6. The number of hydrogen-bond acceptors (Lipinski definition) is 8. The van der Waals surface area contributed by atoms with Crippen LogP contribution in [0, 0.1) is 0 Å². The van der Waals surface area contributed by atoms with Crippen LogP contribution in [-0.4, -0.2) is 61.2 Å². The van der Waals surface area contributed by atoms with Gasteiger partial charge in [0.15, 0.2) is 12.2 Å². The average Bonchev–Trinajstić information content (AvgIpc) is 2.88. The van der Waals surface area contributed by atoms with E-state index in [9.17, 15) is 10.2 Å². The monoisotopic (exact) mass is 467 g/mol. The van der Waals surface area contributed by atoms with Crippen molar-refractivity contribution >= 4 is 5.71 Å². The summed E-state index contributed by atoms with van der Waals surface area (Å²) in [6.07, 6.45) is 2.76. The van der Waals surface area contributed by atoms with Gasteiger partial charge in [-0.1, -0.05) is 29.4 Å². The van der Waals surface area contributed by atoms with Gasteiger partial charge in [-0.3, -0.25) is 0 Å². The molecule has 0 saturated heterocycles. The van der Waals surface area contributed by atoms with Gasteiger partial charge in [-0.15, -0.1) is 6.58 Å². The smallest absolute Gasteiger partial charge is 0.174 e. The van der Waals surface area contributed by atoms with Gasteiger partial charge in [0.25, 0.3) is 0 Å². The quantitative estimate of drug-likeness (QED) is 0.454. The standard InChI is InChI=1S/C26H29NO7/c1-4-6-17-9-12-22(23(15-28)32-17)34-27-24-20-14-19(31-3)10-11-21(20)33-26(25(24)29)16-7-5-8-18(13-16)30-2/h4-5,7-14,17,22-23,25-26,28-29H,1,6,15H2,2-3H3/t17-,22+,23-,25+,26-/m1/s1. The highest BCUT2D eigenvalue weighted by Crippen LogP contribution is 2.38. The maximum Gasteiger partial charge on any atom is 0.174 e. The van der Waals surface area contributed by atoms with Gasteiger partial charge in [-0.05, 0) is 48.4 Å². The lowest BCUT2D eigenvalue weighted by Crippen LogP contribution is -2.40. The third kappa shape index (κ3) is 4.94. The molecule has 34 heavy (non-hydrogen) atoms. The summed E-state index contributed by atoms with van der Waals surface area (Å²) < 4.78 is 22.7. The van der Waals surface area contributed by atoms with Crippen LogP contribution in [0.2, 0.25) is 0 Å². The minimum atomic E-state index is -1.14. The van der Waals surface area contributed by atoms with Crippen molar-refractivity contribution in [2.75, 3.05) is 20.8 Å². The van der Waals surface area contributed by atoms with Crippen LogP contribution >= 0.6 is 0 Å². The summed E-state index contributed by atoms with van der Waals surface area (Å²) in [4.78, 5) is 5.79. The summed E-state index contributed by atoms with van der Waals surface area (Å²) in [5.41, 5.74) is 1.56. The van der Waals surface area contributed by atoms with Crippen LogP contribution < -0.4 is 14.2 Å². The molecule has 0 aromatic heterocycles. The maximum absolute atomic E-state index is 11.3. The molecule has 2 N–H and O–H groups in total. The van der Waals surface area contributed by atoms with Crippen LogP contribution in [0.15, 0.2) is 72.4 Å². The molecule has 2 aliphatic heterocycles. The second-order valence-electron chi connectivity index (χ2n) is 7.97.